The summed E-state index contributed by atoms with van der Waals surface area (Å²) < 4.78 is 27.5. The predicted octanol–water partition coefficient (Wildman–Crippen LogP) is 3.42. The molecule has 0 fully saturated rings. The van der Waals surface area contributed by atoms with Crippen LogP contribution in [-0.2, 0) is 14.8 Å². The number of sulfonamides is 1. The molecule has 0 saturated heterocycles. The van der Waals surface area contributed by atoms with Crippen molar-refractivity contribution in [3.63, 3.8) is 0 Å². The van der Waals surface area contributed by atoms with Crippen LogP contribution in [0.2, 0.25) is 0 Å². The van der Waals surface area contributed by atoms with Gasteiger partial charge in [-0.1, -0.05) is 48.5 Å². The minimum atomic E-state index is -4.55. The van der Waals surface area contributed by atoms with Gasteiger partial charge in [0.25, 0.3) is 15.7 Å². The van der Waals surface area contributed by atoms with Gasteiger partial charge >= 0.3 is 5.97 Å². The zero-order valence-corrected chi connectivity index (χ0v) is 15.5. The Morgan fingerprint density at radius 1 is 1.04 bits per heavy atom. The molecule has 28 heavy (non-hydrogen) atoms. The minimum absolute atomic E-state index is 0.131. The Bertz CT molecular complexity index is 1170. The number of carboxylic acids is 1. The number of carboxylic acid groups (broad SMARTS) is 1. The second-order valence-corrected chi connectivity index (χ2v) is 7.82. The molecular weight excluding hydrogens is 384 g/mol. The second kappa shape index (κ2) is 7.28. The SMILES string of the molecule is CC(C(=O)O)N(c1cccc2ccccc12)S(=O)(=O)c1ccccc1[N+](=O)[O-]. The lowest BCUT2D eigenvalue weighted by Gasteiger charge is -2.29. The predicted molar refractivity (Wildman–Crippen MR) is 104 cm³/mol. The smallest absolute Gasteiger partial charge is 0.327 e. The molecule has 3 aromatic carbocycles. The summed E-state index contributed by atoms with van der Waals surface area (Å²) in [7, 11) is -4.55. The number of hydrogen-bond donors (Lipinski definition) is 1. The molecule has 8 nitrogen and oxygen atoms in total. The molecule has 0 amide bonds. The van der Waals surface area contributed by atoms with Crippen LogP contribution in [0.1, 0.15) is 6.92 Å². The lowest BCUT2D eigenvalue weighted by molar-refractivity contribution is -0.387. The number of nitrogens with zero attached hydrogens (tertiary/aromatic N) is 2. The van der Waals surface area contributed by atoms with Gasteiger partial charge < -0.3 is 5.11 Å². The molecule has 0 aliphatic heterocycles. The largest absolute Gasteiger partial charge is 0.480 e. The fraction of sp³-hybridized carbons (Fsp3) is 0.105. The van der Waals surface area contributed by atoms with Crippen molar-refractivity contribution in [3.8, 4) is 0 Å². The van der Waals surface area contributed by atoms with E-state index in [4.69, 9.17) is 0 Å². The molecule has 0 aromatic heterocycles. The molecule has 1 N–H and O–H groups in total. The van der Waals surface area contributed by atoms with E-state index in [2.05, 4.69) is 0 Å². The van der Waals surface area contributed by atoms with Gasteiger partial charge in [0.2, 0.25) is 0 Å². The summed E-state index contributed by atoms with van der Waals surface area (Å²) in [6, 6.07) is 15.1. The minimum Gasteiger partial charge on any atom is -0.480 e. The molecule has 3 rings (SSSR count). The van der Waals surface area contributed by atoms with Gasteiger partial charge in [-0.25, -0.2) is 13.2 Å². The van der Waals surface area contributed by atoms with Crippen LogP contribution in [-0.4, -0.2) is 30.5 Å². The van der Waals surface area contributed by atoms with Crippen LogP contribution in [0.3, 0.4) is 0 Å². The molecule has 1 atom stereocenters. The number of para-hydroxylation sites is 1. The number of carbonyl (C=O) groups is 1. The Kier molecular flexibility index (Phi) is 5.02. The van der Waals surface area contributed by atoms with E-state index in [1.54, 1.807) is 36.4 Å². The van der Waals surface area contributed by atoms with Crippen LogP contribution in [0.5, 0.6) is 0 Å². The van der Waals surface area contributed by atoms with Crippen molar-refractivity contribution < 1.29 is 23.2 Å². The van der Waals surface area contributed by atoms with Crippen molar-refractivity contribution in [2.24, 2.45) is 0 Å². The number of rotatable bonds is 6. The number of nitro benzene ring substituents is 1. The third-order valence-corrected chi connectivity index (χ3v) is 6.24. The quantitative estimate of drug-likeness (QED) is 0.500. The van der Waals surface area contributed by atoms with Crippen LogP contribution in [0.15, 0.2) is 71.6 Å². The first kappa shape index (κ1) is 19.3. The zero-order valence-electron chi connectivity index (χ0n) is 14.7. The maximum Gasteiger partial charge on any atom is 0.327 e. The fourth-order valence-corrected chi connectivity index (χ4v) is 4.77. The monoisotopic (exact) mass is 400 g/mol. The van der Waals surface area contributed by atoms with Crippen LogP contribution in [0.4, 0.5) is 11.4 Å². The number of fused-ring (bicyclic) bond motifs is 1. The van der Waals surface area contributed by atoms with E-state index < -0.39 is 37.5 Å². The van der Waals surface area contributed by atoms with Crippen LogP contribution in [0.25, 0.3) is 10.8 Å². The number of benzene rings is 3. The van der Waals surface area contributed by atoms with E-state index in [-0.39, 0.29) is 5.69 Å². The molecule has 9 heteroatoms. The lowest BCUT2D eigenvalue weighted by atomic mass is 10.1. The van der Waals surface area contributed by atoms with Crippen molar-refractivity contribution >= 4 is 38.1 Å². The first-order valence-electron chi connectivity index (χ1n) is 8.23. The van der Waals surface area contributed by atoms with E-state index in [9.17, 15) is 28.4 Å². The van der Waals surface area contributed by atoms with Crippen molar-refractivity contribution in [2.75, 3.05) is 4.31 Å². The Balaban J connectivity index is 2.33. The summed E-state index contributed by atoms with van der Waals surface area (Å²) in [5.74, 6) is -1.38. The highest BCUT2D eigenvalue weighted by molar-refractivity contribution is 7.93. The molecular formula is C19H16N2O6S. The van der Waals surface area contributed by atoms with Crippen molar-refractivity contribution in [1.29, 1.82) is 0 Å². The lowest BCUT2D eigenvalue weighted by Crippen LogP contribution is -2.43. The molecule has 0 bridgehead atoms. The number of aliphatic carboxylic acids is 1. The maximum absolute atomic E-state index is 13.4. The fourth-order valence-electron chi connectivity index (χ4n) is 2.98. The first-order valence-corrected chi connectivity index (χ1v) is 9.67. The van der Waals surface area contributed by atoms with E-state index in [0.717, 1.165) is 16.4 Å². The maximum atomic E-state index is 13.4. The van der Waals surface area contributed by atoms with Gasteiger partial charge in [0.15, 0.2) is 4.90 Å². The van der Waals surface area contributed by atoms with Gasteiger partial charge in [-0.15, -0.1) is 0 Å². The third-order valence-electron chi connectivity index (χ3n) is 4.31. The molecule has 0 spiro atoms. The topological polar surface area (TPSA) is 118 Å². The van der Waals surface area contributed by atoms with E-state index in [1.165, 1.54) is 25.1 Å². The van der Waals surface area contributed by atoms with Crippen LogP contribution < -0.4 is 4.31 Å². The van der Waals surface area contributed by atoms with Gasteiger partial charge in [0.1, 0.15) is 6.04 Å². The van der Waals surface area contributed by atoms with E-state index in [1.807, 2.05) is 0 Å². The Labute approximate surface area is 160 Å². The molecule has 0 saturated carbocycles. The summed E-state index contributed by atoms with van der Waals surface area (Å²) in [5, 5.41) is 22.1. The molecule has 1 unspecified atom stereocenters. The highest BCUT2D eigenvalue weighted by atomic mass is 32.2. The first-order chi connectivity index (χ1) is 13.2. The zero-order chi connectivity index (χ0) is 20.5. The van der Waals surface area contributed by atoms with Crippen molar-refractivity contribution in [1.82, 2.24) is 0 Å². The highest BCUT2D eigenvalue weighted by Gasteiger charge is 2.37. The molecule has 0 radical (unpaired) electrons. The summed E-state index contributed by atoms with van der Waals surface area (Å²) in [6.45, 7) is 1.22. The molecule has 3 aromatic rings. The highest BCUT2D eigenvalue weighted by Crippen LogP contribution is 2.35. The van der Waals surface area contributed by atoms with Crippen LogP contribution in [0, 0.1) is 10.1 Å². The number of nitro groups is 1. The third kappa shape index (κ3) is 3.27. The molecule has 144 valence electrons. The van der Waals surface area contributed by atoms with Gasteiger partial charge in [0.05, 0.1) is 10.6 Å². The summed E-state index contributed by atoms with van der Waals surface area (Å²) in [5.41, 5.74) is -0.489. The van der Waals surface area contributed by atoms with Crippen molar-refractivity contribution in [2.45, 2.75) is 17.9 Å². The van der Waals surface area contributed by atoms with Gasteiger partial charge in [-0.3, -0.25) is 14.4 Å². The van der Waals surface area contributed by atoms with Gasteiger partial charge in [-0.05, 0) is 24.4 Å². The normalized spacial score (nSPS) is 12.5. The Morgan fingerprint density at radius 3 is 2.32 bits per heavy atom. The van der Waals surface area contributed by atoms with Gasteiger partial charge in [0, 0.05) is 11.5 Å². The number of hydrogen-bond acceptors (Lipinski definition) is 5. The van der Waals surface area contributed by atoms with Crippen molar-refractivity contribution in [3.05, 3.63) is 76.8 Å². The molecule has 0 heterocycles. The summed E-state index contributed by atoms with van der Waals surface area (Å²) >= 11 is 0. The van der Waals surface area contributed by atoms with E-state index in [0.29, 0.717) is 10.8 Å². The van der Waals surface area contributed by atoms with E-state index >= 15 is 0 Å². The standard InChI is InChI=1S/C19H16N2O6S/c1-13(19(22)23)20(16-11-6-8-14-7-2-3-9-15(14)16)28(26,27)18-12-5-4-10-17(18)21(24)25/h2-13H,1H3,(H,22,23). The van der Waals surface area contributed by atoms with Crippen LogP contribution >= 0.6 is 0 Å². The number of anilines is 1. The second-order valence-electron chi connectivity index (χ2n) is 6.04. The average molecular weight is 400 g/mol. The average Bonchev–Trinajstić information content (AvgIpc) is 2.68. The Morgan fingerprint density at radius 2 is 1.64 bits per heavy atom. The summed E-state index contributed by atoms with van der Waals surface area (Å²) in [6.07, 6.45) is 0. The summed E-state index contributed by atoms with van der Waals surface area (Å²) in [4.78, 5) is 21.7. The molecule has 0 aliphatic carbocycles. The molecule has 0 aliphatic rings. The van der Waals surface area contributed by atoms with Gasteiger partial charge in [-0.2, -0.15) is 0 Å². The Hall–Kier alpha value is -3.46.